The monoisotopic (exact) mass is 725 g/mol. The Balaban J connectivity index is 1.23. The summed E-state index contributed by atoms with van der Waals surface area (Å²) in [6, 6.07) is 7.93. The summed E-state index contributed by atoms with van der Waals surface area (Å²) in [6.45, 7) is 18.3. The molecule has 0 bridgehead atoms. The molecule has 0 spiro atoms. The van der Waals surface area contributed by atoms with Gasteiger partial charge in [0.2, 0.25) is 5.91 Å². The molecule has 270 valence electrons. The molecule has 1 saturated heterocycles. The van der Waals surface area contributed by atoms with E-state index in [1.54, 1.807) is 12.1 Å². The Morgan fingerprint density at radius 2 is 1.66 bits per heavy atom. The van der Waals surface area contributed by atoms with Gasteiger partial charge in [0.05, 0.1) is 23.9 Å². The minimum Gasteiger partial charge on any atom is -0.460 e. The van der Waals surface area contributed by atoms with Crippen molar-refractivity contribution in [2.24, 2.45) is 11.8 Å². The molecule has 5 rings (SSSR count). The number of carbonyl (C=O) groups excluding carboxylic acids is 2. The maximum Gasteiger partial charge on any atom is 0.309 e. The van der Waals surface area contributed by atoms with E-state index < -0.39 is 19.7 Å². The first-order chi connectivity index (χ1) is 23.4. The second-order valence-electron chi connectivity index (χ2n) is 15.8. The van der Waals surface area contributed by atoms with Gasteiger partial charge in [0.1, 0.15) is 35.1 Å². The van der Waals surface area contributed by atoms with Crippen LogP contribution < -0.4 is 10.6 Å². The summed E-state index contributed by atoms with van der Waals surface area (Å²) in [7, 11) is -2.13. The second-order valence-corrected chi connectivity index (χ2v) is 21.1. The Labute approximate surface area is 300 Å². The van der Waals surface area contributed by atoms with Crippen LogP contribution in [0, 0.1) is 17.7 Å². The van der Waals surface area contributed by atoms with Gasteiger partial charge in [-0.1, -0.05) is 32.4 Å². The van der Waals surface area contributed by atoms with Crippen LogP contribution in [-0.4, -0.2) is 70.0 Å². The summed E-state index contributed by atoms with van der Waals surface area (Å²) in [5.74, 6) is -0.122. The van der Waals surface area contributed by atoms with Crippen molar-refractivity contribution in [3.8, 4) is 11.3 Å². The van der Waals surface area contributed by atoms with E-state index in [0.717, 1.165) is 38.8 Å². The number of nitrogens with one attached hydrogen (secondary N) is 2. The molecule has 0 unspecified atom stereocenters. The molecule has 11 nitrogen and oxygen atoms in total. The summed E-state index contributed by atoms with van der Waals surface area (Å²) in [6.07, 6.45) is 4.41. The van der Waals surface area contributed by atoms with E-state index in [0.29, 0.717) is 39.8 Å². The van der Waals surface area contributed by atoms with Gasteiger partial charge in [-0.25, -0.2) is 14.4 Å². The summed E-state index contributed by atoms with van der Waals surface area (Å²) in [5.41, 5.74) is 1.08. The van der Waals surface area contributed by atoms with Gasteiger partial charge in [0, 0.05) is 28.6 Å². The number of carbonyl (C=O) groups is 2. The lowest BCUT2D eigenvalue weighted by Gasteiger charge is -2.44. The minimum atomic E-state index is -2.13. The zero-order chi connectivity index (χ0) is 36.4. The van der Waals surface area contributed by atoms with Crippen LogP contribution in [0.3, 0.4) is 0 Å². The fourth-order valence-electron chi connectivity index (χ4n) is 5.77. The van der Waals surface area contributed by atoms with Gasteiger partial charge >= 0.3 is 5.97 Å². The number of hydrogen-bond acceptors (Lipinski definition) is 10. The van der Waals surface area contributed by atoms with Gasteiger partial charge in [0.15, 0.2) is 8.32 Å². The number of hydrogen-bond donors (Lipinski definition) is 2. The Morgan fingerprint density at radius 3 is 2.32 bits per heavy atom. The number of likely N-dealkylation sites (tertiary alicyclic amines) is 1. The molecule has 3 aromatic rings. The van der Waals surface area contributed by atoms with Crippen LogP contribution in [0.4, 0.5) is 21.7 Å². The van der Waals surface area contributed by atoms with E-state index in [4.69, 9.17) is 20.8 Å². The number of aromatic nitrogens is 4. The molecule has 1 amide bonds. The fraction of sp³-hybridized carbons (Fsp3) is 0.556. The highest BCUT2D eigenvalue weighted by Crippen LogP contribution is 2.38. The molecule has 0 radical (unpaired) electrons. The number of anilines is 3. The molecule has 2 aromatic heterocycles. The Hall–Kier alpha value is -3.52. The summed E-state index contributed by atoms with van der Waals surface area (Å²) in [5, 5.41) is 15.3. The third kappa shape index (κ3) is 9.42. The molecule has 2 fully saturated rings. The summed E-state index contributed by atoms with van der Waals surface area (Å²) < 4.78 is 26.8. The lowest BCUT2D eigenvalue weighted by atomic mass is 9.77. The molecule has 50 heavy (non-hydrogen) atoms. The van der Waals surface area contributed by atoms with Crippen molar-refractivity contribution in [3.63, 3.8) is 0 Å². The first-order valence-electron chi connectivity index (χ1n) is 17.2. The zero-order valence-corrected chi connectivity index (χ0v) is 32.0. The van der Waals surface area contributed by atoms with Crippen molar-refractivity contribution in [2.45, 2.75) is 104 Å². The number of ether oxygens (including phenoxy) is 1. The number of rotatable bonds is 10. The minimum absolute atomic E-state index is 0.0171. The highest BCUT2D eigenvalue weighted by atomic mass is 35.5. The van der Waals surface area contributed by atoms with Crippen LogP contribution in [0.1, 0.15) is 72.9 Å². The maximum atomic E-state index is 14.8. The third-order valence-corrected chi connectivity index (χ3v) is 14.6. The maximum absolute atomic E-state index is 14.8. The average Bonchev–Trinajstić information content (AvgIpc) is 3.00. The standard InChI is InChI=1S/C36H49ClFN7O4Si/c1-35(2,3)49-34(47)22-11-13-45(14-12-22)25-15-23(16-25)33(46)42-32-19-31(39-21-40-32)41-29-18-28(26-17-24(37)9-10-27(26)38)43-44-30(29)20-48-50(7,8)36(4,5)6/h9-10,17-19,21-23,25H,11-16,20H2,1-8H3,(H2,39,40,41,42,43,46). The Bertz CT molecular complexity index is 1700. The molecule has 1 saturated carbocycles. The van der Waals surface area contributed by atoms with Gasteiger partial charge in [0.25, 0.3) is 0 Å². The SMILES string of the molecule is CC(C)(C)OC(=O)C1CCN(C2CC(C(=O)Nc3cc(Nc4cc(-c5cc(Cl)ccc5F)nnc4CO[Si](C)(C)C(C)(C)C)ncn3)C2)CC1. The summed E-state index contributed by atoms with van der Waals surface area (Å²) in [4.78, 5) is 36.7. The molecule has 1 aliphatic heterocycles. The molecular formula is C36H49ClFN7O4Si. The lowest BCUT2D eigenvalue weighted by molar-refractivity contribution is -0.162. The molecule has 2 aliphatic rings. The Morgan fingerprint density at radius 1 is 0.980 bits per heavy atom. The highest BCUT2D eigenvalue weighted by Gasteiger charge is 2.40. The number of esters is 1. The molecule has 1 aliphatic carbocycles. The van der Waals surface area contributed by atoms with E-state index in [1.165, 1.54) is 24.5 Å². The number of amides is 1. The van der Waals surface area contributed by atoms with Crippen molar-refractivity contribution < 1.29 is 23.1 Å². The molecule has 14 heteroatoms. The zero-order valence-electron chi connectivity index (χ0n) is 30.3. The second kappa shape index (κ2) is 15.0. The smallest absolute Gasteiger partial charge is 0.309 e. The van der Waals surface area contributed by atoms with Gasteiger partial charge in [-0.2, -0.15) is 5.10 Å². The van der Waals surface area contributed by atoms with Crippen LogP contribution in [0.2, 0.25) is 23.2 Å². The normalized spacial score (nSPS) is 19.1. The predicted octanol–water partition coefficient (Wildman–Crippen LogP) is 7.76. The first kappa shape index (κ1) is 37.7. The van der Waals surface area contributed by atoms with Crippen LogP contribution in [0.25, 0.3) is 11.3 Å². The van der Waals surface area contributed by atoms with Crippen molar-refractivity contribution in [3.05, 3.63) is 53.2 Å². The van der Waals surface area contributed by atoms with E-state index in [2.05, 4.69) is 69.6 Å². The van der Waals surface area contributed by atoms with Gasteiger partial charge < -0.3 is 24.7 Å². The molecule has 0 atom stereocenters. The fourth-order valence-corrected chi connectivity index (χ4v) is 6.87. The number of nitrogens with zero attached hydrogens (tertiary/aromatic N) is 5. The van der Waals surface area contributed by atoms with Crippen LogP contribution in [-0.2, 0) is 25.4 Å². The molecule has 2 N–H and O–H groups in total. The van der Waals surface area contributed by atoms with Gasteiger partial charge in [-0.3, -0.25) is 9.59 Å². The van der Waals surface area contributed by atoms with Crippen LogP contribution in [0.5, 0.6) is 0 Å². The van der Waals surface area contributed by atoms with E-state index >= 15 is 0 Å². The van der Waals surface area contributed by atoms with E-state index in [1.807, 2.05) is 20.8 Å². The van der Waals surface area contributed by atoms with Crippen LogP contribution >= 0.6 is 11.6 Å². The predicted molar refractivity (Wildman–Crippen MR) is 195 cm³/mol. The summed E-state index contributed by atoms with van der Waals surface area (Å²) >= 11 is 6.17. The van der Waals surface area contributed by atoms with Gasteiger partial charge in [-0.15, -0.1) is 5.10 Å². The van der Waals surface area contributed by atoms with E-state index in [-0.39, 0.29) is 40.9 Å². The van der Waals surface area contributed by atoms with Crippen LogP contribution in [0.15, 0.2) is 36.7 Å². The largest absolute Gasteiger partial charge is 0.460 e. The van der Waals surface area contributed by atoms with Crippen molar-refractivity contribution >= 4 is 49.1 Å². The topological polar surface area (TPSA) is 131 Å². The quantitative estimate of drug-likeness (QED) is 0.158. The molecule has 3 heterocycles. The first-order valence-corrected chi connectivity index (χ1v) is 20.5. The van der Waals surface area contributed by atoms with Crippen molar-refractivity contribution in [1.82, 2.24) is 25.1 Å². The molecule has 1 aromatic carbocycles. The Kier molecular flexibility index (Phi) is 11.3. The van der Waals surface area contributed by atoms with E-state index in [9.17, 15) is 14.0 Å². The van der Waals surface area contributed by atoms with Crippen molar-refractivity contribution in [2.75, 3.05) is 23.7 Å². The number of benzene rings is 1. The lowest BCUT2D eigenvalue weighted by Crippen LogP contribution is -2.51. The van der Waals surface area contributed by atoms with Gasteiger partial charge in [-0.05, 0) is 102 Å². The third-order valence-electron chi connectivity index (χ3n) is 9.90. The number of halogens is 2. The molecular weight excluding hydrogens is 677 g/mol. The number of piperidine rings is 1. The average molecular weight is 726 g/mol. The highest BCUT2D eigenvalue weighted by molar-refractivity contribution is 6.74. The van der Waals surface area contributed by atoms with Crippen molar-refractivity contribution in [1.29, 1.82) is 0 Å².